The second kappa shape index (κ2) is 5.90. The molecule has 0 aliphatic carbocycles. The predicted octanol–water partition coefficient (Wildman–Crippen LogP) is 2.05. The van der Waals surface area contributed by atoms with Gasteiger partial charge >= 0.3 is 5.97 Å². The van der Waals surface area contributed by atoms with Crippen molar-refractivity contribution < 1.29 is 19.4 Å². The molecule has 0 spiro atoms. The molecule has 5 heteroatoms. The Bertz CT molecular complexity index is 349. The van der Waals surface area contributed by atoms with Gasteiger partial charge in [-0.25, -0.2) is 4.79 Å². The van der Waals surface area contributed by atoms with Gasteiger partial charge in [-0.05, 0) is 47.0 Å². The van der Waals surface area contributed by atoms with Crippen LogP contribution in [-0.2, 0) is 14.3 Å². The Morgan fingerprint density at radius 3 is 2.21 bits per heavy atom. The van der Waals surface area contributed by atoms with E-state index in [0.29, 0.717) is 19.5 Å². The van der Waals surface area contributed by atoms with E-state index >= 15 is 0 Å². The summed E-state index contributed by atoms with van der Waals surface area (Å²) in [6.45, 7) is 8.72. The van der Waals surface area contributed by atoms with Crippen LogP contribution in [0.5, 0.6) is 0 Å². The lowest BCUT2D eigenvalue weighted by Gasteiger charge is -2.42. The van der Waals surface area contributed by atoms with Gasteiger partial charge in [-0.1, -0.05) is 0 Å². The van der Waals surface area contributed by atoms with E-state index in [0.717, 1.165) is 12.8 Å². The van der Waals surface area contributed by atoms with E-state index in [1.807, 2.05) is 27.7 Å². The van der Waals surface area contributed by atoms with Crippen LogP contribution in [0.15, 0.2) is 0 Å². The van der Waals surface area contributed by atoms with E-state index in [9.17, 15) is 14.7 Å². The van der Waals surface area contributed by atoms with Crippen molar-refractivity contribution in [2.24, 2.45) is 0 Å². The number of carboxylic acids is 1. The molecule has 1 saturated heterocycles. The average molecular weight is 271 g/mol. The van der Waals surface area contributed by atoms with E-state index in [-0.39, 0.29) is 12.3 Å². The third-order valence-electron chi connectivity index (χ3n) is 3.77. The Labute approximate surface area is 114 Å². The number of ether oxygens (including phenoxy) is 1. The number of nitrogens with zero attached hydrogens (tertiary/aromatic N) is 1. The fourth-order valence-electron chi connectivity index (χ4n) is 2.71. The van der Waals surface area contributed by atoms with Gasteiger partial charge in [0.2, 0.25) is 5.91 Å². The van der Waals surface area contributed by atoms with Gasteiger partial charge < -0.3 is 14.7 Å². The number of rotatable bonds is 5. The summed E-state index contributed by atoms with van der Waals surface area (Å²) in [6.07, 6.45) is 1.92. The molecule has 0 aromatic carbocycles. The van der Waals surface area contributed by atoms with Crippen LogP contribution in [0.2, 0.25) is 0 Å². The Hall–Kier alpha value is -1.10. The van der Waals surface area contributed by atoms with Crippen molar-refractivity contribution in [3.8, 4) is 0 Å². The van der Waals surface area contributed by atoms with Gasteiger partial charge in [0, 0.05) is 13.1 Å². The van der Waals surface area contributed by atoms with E-state index in [2.05, 4.69) is 0 Å². The Morgan fingerprint density at radius 2 is 1.79 bits per heavy atom. The van der Waals surface area contributed by atoms with Gasteiger partial charge in [0.05, 0.1) is 12.0 Å². The first kappa shape index (κ1) is 16.0. The van der Waals surface area contributed by atoms with E-state index in [1.54, 1.807) is 4.90 Å². The fraction of sp³-hybridized carbons (Fsp3) is 0.857. The molecular formula is C14H25NO4. The highest BCUT2D eigenvalue weighted by Crippen LogP contribution is 2.38. The lowest BCUT2D eigenvalue weighted by Crippen LogP contribution is -2.53. The molecule has 1 atom stereocenters. The molecule has 0 aromatic rings. The molecule has 19 heavy (non-hydrogen) atoms. The lowest BCUT2D eigenvalue weighted by atomic mass is 9.84. The summed E-state index contributed by atoms with van der Waals surface area (Å²) in [6, 6.07) is 0. The summed E-state index contributed by atoms with van der Waals surface area (Å²) >= 11 is 0. The van der Waals surface area contributed by atoms with Gasteiger partial charge in [0.15, 0.2) is 5.60 Å². The summed E-state index contributed by atoms with van der Waals surface area (Å²) in [5.74, 6) is -1.18. The van der Waals surface area contributed by atoms with Crippen molar-refractivity contribution in [2.75, 3.05) is 13.1 Å². The molecule has 1 aliphatic heterocycles. The maximum Gasteiger partial charge on any atom is 0.336 e. The molecule has 1 aliphatic rings. The Balaban J connectivity index is 2.89. The molecule has 0 radical (unpaired) electrons. The molecular weight excluding hydrogens is 246 g/mol. The van der Waals surface area contributed by atoms with Crippen molar-refractivity contribution in [1.29, 1.82) is 0 Å². The molecule has 0 saturated carbocycles. The van der Waals surface area contributed by atoms with Gasteiger partial charge in [-0.2, -0.15) is 0 Å². The highest BCUT2D eigenvalue weighted by atomic mass is 16.5. The van der Waals surface area contributed by atoms with Gasteiger partial charge in [-0.3, -0.25) is 4.79 Å². The molecule has 1 amide bonds. The number of amides is 1. The lowest BCUT2D eigenvalue weighted by molar-refractivity contribution is -0.206. The van der Waals surface area contributed by atoms with Crippen molar-refractivity contribution in [2.45, 2.75) is 64.6 Å². The number of carbonyl (C=O) groups is 2. The maximum absolute atomic E-state index is 12.2. The minimum absolute atomic E-state index is 0.0759. The number of aliphatic carboxylic acids is 1. The zero-order valence-electron chi connectivity index (χ0n) is 12.4. The SMILES string of the molecule is CCN(CC)C(=O)CC1(C(=O)O)CCCC(C)(C)O1. The number of carboxylic acid groups (broad SMARTS) is 1. The zero-order chi connectivity index (χ0) is 14.7. The molecule has 0 bridgehead atoms. The average Bonchev–Trinajstić information content (AvgIpc) is 2.28. The third kappa shape index (κ3) is 3.69. The van der Waals surface area contributed by atoms with Crippen LogP contribution in [0.4, 0.5) is 0 Å². The molecule has 1 unspecified atom stereocenters. The van der Waals surface area contributed by atoms with E-state index in [4.69, 9.17) is 4.74 Å². The number of carbonyl (C=O) groups excluding carboxylic acids is 1. The van der Waals surface area contributed by atoms with Gasteiger partial charge in [-0.15, -0.1) is 0 Å². The normalized spacial score (nSPS) is 25.9. The summed E-state index contributed by atoms with van der Waals surface area (Å²) in [7, 11) is 0. The molecule has 1 heterocycles. The van der Waals surface area contributed by atoms with Crippen molar-refractivity contribution in [3.05, 3.63) is 0 Å². The summed E-state index contributed by atoms with van der Waals surface area (Å²) < 4.78 is 5.79. The van der Waals surface area contributed by atoms with Crippen molar-refractivity contribution in [1.82, 2.24) is 4.90 Å². The zero-order valence-corrected chi connectivity index (χ0v) is 12.4. The van der Waals surface area contributed by atoms with Crippen LogP contribution in [0.3, 0.4) is 0 Å². The van der Waals surface area contributed by atoms with Crippen LogP contribution in [0.25, 0.3) is 0 Å². The van der Waals surface area contributed by atoms with Crippen LogP contribution < -0.4 is 0 Å². The molecule has 0 aromatic heterocycles. The van der Waals surface area contributed by atoms with Gasteiger partial charge in [0.25, 0.3) is 0 Å². The maximum atomic E-state index is 12.2. The highest BCUT2D eigenvalue weighted by molar-refractivity contribution is 5.87. The summed E-state index contributed by atoms with van der Waals surface area (Å²) in [5, 5.41) is 9.50. The van der Waals surface area contributed by atoms with Crippen LogP contribution >= 0.6 is 0 Å². The summed E-state index contributed by atoms with van der Waals surface area (Å²) in [5.41, 5.74) is -1.85. The van der Waals surface area contributed by atoms with Crippen LogP contribution in [0, 0.1) is 0 Å². The Morgan fingerprint density at radius 1 is 1.21 bits per heavy atom. The topological polar surface area (TPSA) is 66.8 Å². The minimum atomic E-state index is -1.36. The monoisotopic (exact) mass is 271 g/mol. The van der Waals surface area contributed by atoms with E-state index in [1.165, 1.54) is 0 Å². The van der Waals surface area contributed by atoms with Crippen molar-refractivity contribution >= 4 is 11.9 Å². The molecule has 110 valence electrons. The summed E-state index contributed by atoms with van der Waals surface area (Å²) in [4.78, 5) is 25.4. The second-order valence-corrected chi connectivity index (χ2v) is 5.76. The quantitative estimate of drug-likeness (QED) is 0.831. The second-order valence-electron chi connectivity index (χ2n) is 5.76. The smallest absolute Gasteiger partial charge is 0.336 e. The number of hydrogen-bond donors (Lipinski definition) is 1. The van der Waals surface area contributed by atoms with Gasteiger partial charge in [0.1, 0.15) is 0 Å². The van der Waals surface area contributed by atoms with Crippen LogP contribution in [-0.4, -0.2) is 46.2 Å². The first-order chi connectivity index (χ1) is 8.76. The standard InChI is InChI=1S/C14H25NO4/c1-5-15(6-2)11(16)10-14(12(17)18)9-7-8-13(3,4)19-14/h5-10H2,1-4H3,(H,17,18). The molecule has 1 N–H and O–H groups in total. The highest BCUT2D eigenvalue weighted by Gasteiger charge is 2.48. The predicted molar refractivity (Wildman–Crippen MR) is 71.9 cm³/mol. The third-order valence-corrected chi connectivity index (χ3v) is 3.77. The first-order valence-electron chi connectivity index (χ1n) is 6.97. The Kier molecular flexibility index (Phi) is 4.96. The first-order valence-corrected chi connectivity index (χ1v) is 6.97. The largest absolute Gasteiger partial charge is 0.479 e. The minimum Gasteiger partial charge on any atom is -0.479 e. The van der Waals surface area contributed by atoms with Crippen molar-refractivity contribution in [3.63, 3.8) is 0 Å². The molecule has 1 rings (SSSR count). The molecule has 5 nitrogen and oxygen atoms in total. The number of hydrogen-bond acceptors (Lipinski definition) is 3. The van der Waals surface area contributed by atoms with Crippen LogP contribution in [0.1, 0.15) is 53.4 Å². The molecule has 1 fully saturated rings. The van der Waals surface area contributed by atoms with E-state index < -0.39 is 17.2 Å². The fourth-order valence-corrected chi connectivity index (χ4v) is 2.71.